The fraction of sp³-hybridized carbons (Fsp3) is 0.143. The van der Waals surface area contributed by atoms with E-state index < -0.39 is 11.2 Å². The van der Waals surface area contributed by atoms with E-state index in [0.29, 0.717) is 23.8 Å². The number of nitrogens with one attached hydrogen (secondary N) is 2. The molecule has 142 valence electrons. The molecule has 0 radical (unpaired) electrons. The molecule has 0 aliphatic heterocycles. The van der Waals surface area contributed by atoms with E-state index in [1.807, 2.05) is 49.4 Å². The highest BCUT2D eigenvalue weighted by Gasteiger charge is 2.10. The van der Waals surface area contributed by atoms with Crippen molar-refractivity contribution in [3.05, 3.63) is 87.3 Å². The molecule has 0 saturated carbocycles. The van der Waals surface area contributed by atoms with Crippen LogP contribution in [-0.2, 0) is 6.54 Å². The van der Waals surface area contributed by atoms with Gasteiger partial charge in [0.15, 0.2) is 17.2 Å². The number of ether oxygens (including phenoxy) is 2. The molecule has 0 saturated heterocycles. The van der Waals surface area contributed by atoms with E-state index in [4.69, 9.17) is 9.47 Å². The van der Waals surface area contributed by atoms with E-state index in [-0.39, 0.29) is 6.61 Å². The van der Waals surface area contributed by atoms with E-state index in [0.717, 1.165) is 16.6 Å². The van der Waals surface area contributed by atoms with E-state index in [1.54, 1.807) is 0 Å². The number of H-pyrrole nitrogens is 2. The van der Waals surface area contributed by atoms with E-state index in [1.165, 1.54) is 16.8 Å². The van der Waals surface area contributed by atoms with Crippen molar-refractivity contribution in [3.63, 3.8) is 0 Å². The Morgan fingerprint density at radius 3 is 2.54 bits per heavy atom. The van der Waals surface area contributed by atoms with Crippen LogP contribution in [0.3, 0.4) is 0 Å². The summed E-state index contributed by atoms with van der Waals surface area (Å²) in [5.41, 5.74) is 1.10. The Bertz CT molecular complexity index is 1240. The molecule has 2 aromatic carbocycles. The van der Waals surface area contributed by atoms with Gasteiger partial charge < -0.3 is 14.5 Å². The first kappa shape index (κ1) is 17.7. The van der Waals surface area contributed by atoms with Crippen molar-refractivity contribution in [1.29, 1.82) is 0 Å². The zero-order chi connectivity index (χ0) is 19.5. The Morgan fingerprint density at radius 2 is 1.71 bits per heavy atom. The molecule has 0 aliphatic carbocycles. The fourth-order valence-electron chi connectivity index (χ4n) is 3.00. The minimum atomic E-state index is -0.463. The maximum absolute atomic E-state index is 11.7. The Kier molecular flexibility index (Phi) is 4.72. The summed E-state index contributed by atoms with van der Waals surface area (Å²) in [4.78, 5) is 28.4. The van der Waals surface area contributed by atoms with Crippen LogP contribution in [0.1, 0.15) is 5.69 Å². The van der Waals surface area contributed by atoms with Gasteiger partial charge in [0.1, 0.15) is 6.61 Å². The third kappa shape index (κ3) is 3.68. The Labute approximate surface area is 160 Å². The van der Waals surface area contributed by atoms with Gasteiger partial charge in [0.2, 0.25) is 0 Å². The summed E-state index contributed by atoms with van der Waals surface area (Å²) in [6.45, 7) is 2.55. The number of hydrogen-bond acceptors (Lipinski definition) is 4. The summed E-state index contributed by atoms with van der Waals surface area (Å²) in [5.74, 6) is 1.86. The highest BCUT2D eigenvalue weighted by molar-refractivity contribution is 5.86. The van der Waals surface area contributed by atoms with Gasteiger partial charge in [-0.15, -0.1) is 0 Å². The Balaban J connectivity index is 1.52. The van der Waals surface area contributed by atoms with E-state index in [9.17, 15) is 9.59 Å². The van der Waals surface area contributed by atoms with Gasteiger partial charge in [-0.1, -0.05) is 24.3 Å². The number of para-hydroxylation sites is 3. The minimum Gasteiger partial charge on any atom is -0.488 e. The molecule has 2 aromatic heterocycles. The maximum Gasteiger partial charge on any atom is 0.328 e. The molecule has 0 aliphatic rings. The third-order valence-corrected chi connectivity index (χ3v) is 4.31. The van der Waals surface area contributed by atoms with Gasteiger partial charge >= 0.3 is 5.69 Å². The predicted octanol–water partition coefficient (Wildman–Crippen LogP) is 3.20. The summed E-state index contributed by atoms with van der Waals surface area (Å²) >= 11 is 0. The second-order valence-electron chi connectivity index (χ2n) is 6.37. The van der Waals surface area contributed by atoms with Crippen LogP contribution >= 0.6 is 0 Å². The topological polar surface area (TPSA) is 89.1 Å². The summed E-state index contributed by atoms with van der Waals surface area (Å²) in [5, 5.41) is 1.07. The number of fused-ring (bicyclic) bond motifs is 1. The lowest BCUT2D eigenvalue weighted by Gasteiger charge is -2.13. The zero-order valence-corrected chi connectivity index (χ0v) is 15.3. The molecule has 0 spiro atoms. The van der Waals surface area contributed by atoms with Crippen molar-refractivity contribution in [2.24, 2.45) is 0 Å². The molecule has 0 unspecified atom stereocenters. The van der Waals surface area contributed by atoms with Crippen LogP contribution < -0.4 is 20.7 Å². The number of nitrogens with zero attached hydrogens (tertiary/aromatic N) is 1. The second kappa shape index (κ2) is 7.48. The Morgan fingerprint density at radius 1 is 0.929 bits per heavy atom. The Hall–Kier alpha value is -3.74. The molecular formula is C21H19N3O4. The van der Waals surface area contributed by atoms with E-state index >= 15 is 0 Å². The lowest BCUT2D eigenvalue weighted by molar-refractivity contribution is 0.283. The number of hydrogen-bond donors (Lipinski definition) is 2. The van der Waals surface area contributed by atoms with Crippen LogP contribution in [-0.4, -0.2) is 21.1 Å². The number of benzene rings is 2. The smallest absolute Gasteiger partial charge is 0.328 e. The first-order chi connectivity index (χ1) is 13.6. The normalized spacial score (nSPS) is 10.9. The van der Waals surface area contributed by atoms with Crippen molar-refractivity contribution in [3.8, 4) is 17.2 Å². The van der Waals surface area contributed by atoms with Crippen LogP contribution in [0.4, 0.5) is 0 Å². The summed E-state index contributed by atoms with van der Waals surface area (Å²) in [7, 11) is 0. The lowest BCUT2D eigenvalue weighted by atomic mass is 10.2. The number of aromatic nitrogens is 3. The first-order valence-electron chi connectivity index (χ1n) is 8.88. The van der Waals surface area contributed by atoms with Gasteiger partial charge in [-0.05, 0) is 31.2 Å². The fourth-order valence-corrected chi connectivity index (χ4v) is 3.00. The molecule has 0 amide bonds. The largest absolute Gasteiger partial charge is 0.488 e. The quantitative estimate of drug-likeness (QED) is 0.540. The molecule has 28 heavy (non-hydrogen) atoms. The van der Waals surface area contributed by atoms with Crippen LogP contribution in [0.25, 0.3) is 10.9 Å². The minimum absolute atomic E-state index is 0.248. The van der Waals surface area contributed by atoms with Crippen LogP contribution in [0, 0.1) is 6.92 Å². The highest BCUT2D eigenvalue weighted by atomic mass is 16.5. The molecule has 7 nitrogen and oxygen atoms in total. The average molecular weight is 377 g/mol. The van der Waals surface area contributed by atoms with Crippen LogP contribution in [0.5, 0.6) is 17.2 Å². The molecule has 7 heteroatoms. The number of aryl methyl sites for hydroxylation is 1. The molecular weight excluding hydrogens is 358 g/mol. The molecule has 0 atom stereocenters. The van der Waals surface area contributed by atoms with Crippen molar-refractivity contribution in [1.82, 2.24) is 14.5 Å². The summed E-state index contributed by atoms with van der Waals surface area (Å²) < 4.78 is 13.3. The number of rotatable bonds is 6. The zero-order valence-electron chi connectivity index (χ0n) is 15.3. The first-order valence-corrected chi connectivity index (χ1v) is 8.88. The van der Waals surface area contributed by atoms with Crippen molar-refractivity contribution in [2.45, 2.75) is 13.5 Å². The second-order valence-corrected chi connectivity index (χ2v) is 6.37. The van der Waals surface area contributed by atoms with Crippen molar-refractivity contribution < 1.29 is 9.47 Å². The van der Waals surface area contributed by atoms with Crippen LogP contribution in [0.2, 0.25) is 0 Å². The van der Waals surface area contributed by atoms with Gasteiger partial charge in [-0.2, -0.15) is 0 Å². The van der Waals surface area contributed by atoms with Crippen molar-refractivity contribution in [2.75, 3.05) is 6.61 Å². The lowest BCUT2D eigenvalue weighted by Crippen LogP contribution is -2.30. The highest BCUT2D eigenvalue weighted by Crippen LogP contribution is 2.34. The van der Waals surface area contributed by atoms with Gasteiger partial charge in [-0.25, -0.2) is 4.79 Å². The van der Waals surface area contributed by atoms with Gasteiger partial charge in [-0.3, -0.25) is 14.3 Å². The van der Waals surface area contributed by atoms with E-state index in [2.05, 4.69) is 16.0 Å². The third-order valence-electron chi connectivity index (χ3n) is 4.31. The molecule has 4 rings (SSSR count). The van der Waals surface area contributed by atoms with Gasteiger partial charge in [0.05, 0.1) is 12.1 Å². The van der Waals surface area contributed by atoms with Gasteiger partial charge in [0, 0.05) is 23.3 Å². The SMILES string of the molecule is Cc1cc2cccc(Oc3ccccc3OCCn3ccc(=O)[nH]c3=O)c2[nH]1. The maximum atomic E-state index is 11.7. The molecule has 2 N–H and O–H groups in total. The monoisotopic (exact) mass is 377 g/mol. The van der Waals surface area contributed by atoms with Gasteiger partial charge in [0.25, 0.3) is 5.56 Å². The van der Waals surface area contributed by atoms with Crippen molar-refractivity contribution >= 4 is 10.9 Å². The molecule has 0 bridgehead atoms. The molecule has 2 heterocycles. The van der Waals surface area contributed by atoms with Crippen LogP contribution in [0.15, 0.2) is 70.4 Å². The molecule has 4 aromatic rings. The predicted molar refractivity (Wildman–Crippen MR) is 106 cm³/mol. The average Bonchev–Trinajstić information content (AvgIpc) is 3.06. The summed E-state index contributed by atoms with van der Waals surface area (Å²) in [6.07, 6.45) is 1.45. The summed E-state index contributed by atoms with van der Waals surface area (Å²) in [6, 6.07) is 16.6. The molecule has 0 fully saturated rings. The standard InChI is InChI=1S/C21H19N3O4/c1-14-13-15-5-4-8-18(20(15)22-14)28-17-7-3-2-6-16(17)27-12-11-24-10-9-19(25)23-21(24)26/h2-10,13,22H,11-12H2,1H3,(H,23,25,26). The number of aromatic amines is 2.